The molecule has 4 nitrogen and oxygen atoms in total. The second-order valence-electron chi connectivity index (χ2n) is 5.12. The lowest BCUT2D eigenvalue weighted by atomic mass is 10.3. The van der Waals surface area contributed by atoms with Gasteiger partial charge in [0.15, 0.2) is 0 Å². The topological polar surface area (TPSA) is 50.4 Å². The highest BCUT2D eigenvalue weighted by molar-refractivity contribution is 6.32. The highest BCUT2D eigenvalue weighted by Crippen LogP contribution is 2.28. The van der Waals surface area contributed by atoms with E-state index in [4.69, 9.17) is 16.3 Å². The molecule has 21 heavy (non-hydrogen) atoms. The molecule has 6 heteroatoms. The Balaban J connectivity index is 0.00000220. The van der Waals surface area contributed by atoms with Crippen molar-refractivity contribution in [3.63, 3.8) is 0 Å². The average Bonchev–Trinajstić information content (AvgIpc) is 3.22. The molecule has 0 bridgehead atoms. The molecule has 0 spiro atoms. The summed E-state index contributed by atoms with van der Waals surface area (Å²) in [6.07, 6.45) is 3.49. The van der Waals surface area contributed by atoms with E-state index in [1.807, 2.05) is 6.92 Å². The van der Waals surface area contributed by atoms with Gasteiger partial charge in [-0.3, -0.25) is 4.79 Å². The van der Waals surface area contributed by atoms with Crippen LogP contribution in [0.5, 0.6) is 5.75 Å². The average molecular weight is 333 g/mol. The minimum Gasteiger partial charge on any atom is -0.492 e. The third kappa shape index (κ3) is 6.55. The molecule has 1 aliphatic carbocycles. The highest BCUT2D eigenvalue weighted by atomic mass is 35.5. The van der Waals surface area contributed by atoms with Crippen LogP contribution in [-0.4, -0.2) is 25.6 Å². The number of carbonyl (C=O) groups is 1. The molecule has 2 rings (SSSR count). The van der Waals surface area contributed by atoms with Gasteiger partial charge in [-0.15, -0.1) is 12.4 Å². The van der Waals surface area contributed by atoms with Crippen molar-refractivity contribution in [3.8, 4) is 5.75 Å². The number of benzene rings is 1. The molecule has 1 saturated carbocycles. The van der Waals surface area contributed by atoms with Crippen molar-refractivity contribution < 1.29 is 9.53 Å². The van der Waals surface area contributed by atoms with Crippen molar-refractivity contribution in [2.45, 2.75) is 26.2 Å². The minimum absolute atomic E-state index is 0. The lowest BCUT2D eigenvalue weighted by Crippen LogP contribution is -2.29. The molecule has 0 heterocycles. The zero-order chi connectivity index (χ0) is 14.4. The summed E-state index contributed by atoms with van der Waals surface area (Å²) in [6.45, 7) is 3.94. The van der Waals surface area contributed by atoms with Gasteiger partial charge in [-0.2, -0.15) is 0 Å². The smallest absolute Gasteiger partial charge is 0.238 e. The van der Waals surface area contributed by atoms with Gasteiger partial charge in [-0.25, -0.2) is 0 Å². The van der Waals surface area contributed by atoms with Crippen molar-refractivity contribution in [1.82, 2.24) is 5.32 Å². The van der Waals surface area contributed by atoms with Crippen LogP contribution < -0.4 is 15.4 Å². The van der Waals surface area contributed by atoms with Gasteiger partial charge in [-0.05, 0) is 49.9 Å². The van der Waals surface area contributed by atoms with Crippen LogP contribution in [0.2, 0.25) is 5.02 Å². The Kier molecular flexibility index (Phi) is 7.86. The Morgan fingerprint density at radius 2 is 2.19 bits per heavy atom. The molecule has 0 saturated heterocycles. The molecule has 0 aliphatic heterocycles. The van der Waals surface area contributed by atoms with Gasteiger partial charge < -0.3 is 15.4 Å². The SMILES string of the molecule is CCCOc1ccc(NC(=O)CNCC2CC2)cc1Cl.Cl. The van der Waals surface area contributed by atoms with Gasteiger partial charge >= 0.3 is 0 Å². The van der Waals surface area contributed by atoms with Crippen molar-refractivity contribution in [3.05, 3.63) is 23.2 Å². The molecule has 1 amide bonds. The maximum atomic E-state index is 11.7. The number of ether oxygens (including phenoxy) is 1. The fraction of sp³-hybridized carbons (Fsp3) is 0.533. The van der Waals surface area contributed by atoms with Crippen LogP contribution in [0.3, 0.4) is 0 Å². The van der Waals surface area contributed by atoms with E-state index in [0.717, 1.165) is 18.9 Å². The molecule has 0 aromatic heterocycles. The Labute approximate surface area is 137 Å². The van der Waals surface area contributed by atoms with Gasteiger partial charge in [0.2, 0.25) is 5.91 Å². The first-order chi connectivity index (χ1) is 9.69. The molecule has 1 aliphatic rings. The first kappa shape index (κ1) is 18.1. The molecule has 0 radical (unpaired) electrons. The lowest BCUT2D eigenvalue weighted by molar-refractivity contribution is -0.115. The van der Waals surface area contributed by atoms with E-state index in [1.165, 1.54) is 12.8 Å². The first-order valence-corrected chi connectivity index (χ1v) is 7.49. The van der Waals surface area contributed by atoms with E-state index in [-0.39, 0.29) is 18.3 Å². The highest BCUT2D eigenvalue weighted by Gasteiger charge is 2.20. The van der Waals surface area contributed by atoms with E-state index in [2.05, 4.69) is 10.6 Å². The summed E-state index contributed by atoms with van der Waals surface area (Å²) in [6, 6.07) is 5.30. The minimum atomic E-state index is -0.0519. The third-order valence-electron chi connectivity index (χ3n) is 3.09. The quantitative estimate of drug-likeness (QED) is 0.766. The number of hydrogen-bond donors (Lipinski definition) is 2. The predicted molar refractivity (Wildman–Crippen MR) is 88.7 cm³/mol. The van der Waals surface area contributed by atoms with E-state index in [1.54, 1.807) is 18.2 Å². The lowest BCUT2D eigenvalue weighted by Gasteiger charge is -2.10. The molecule has 0 atom stereocenters. The Hall–Kier alpha value is -0.970. The van der Waals surface area contributed by atoms with Gasteiger partial charge in [0.1, 0.15) is 5.75 Å². The van der Waals surface area contributed by atoms with Crippen LogP contribution in [0, 0.1) is 5.92 Å². The number of rotatable bonds is 8. The number of nitrogens with one attached hydrogen (secondary N) is 2. The third-order valence-corrected chi connectivity index (χ3v) is 3.39. The van der Waals surface area contributed by atoms with E-state index < -0.39 is 0 Å². The van der Waals surface area contributed by atoms with Gasteiger partial charge in [0.05, 0.1) is 18.2 Å². The van der Waals surface area contributed by atoms with Crippen molar-refractivity contribution in [2.75, 3.05) is 25.0 Å². The summed E-state index contributed by atoms with van der Waals surface area (Å²) < 4.78 is 5.49. The van der Waals surface area contributed by atoms with Crippen LogP contribution in [0.15, 0.2) is 18.2 Å². The molecule has 1 fully saturated rings. The maximum Gasteiger partial charge on any atom is 0.238 e. The first-order valence-electron chi connectivity index (χ1n) is 7.12. The molecule has 1 aromatic carbocycles. The number of carbonyl (C=O) groups excluding carboxylic acids is 1. The Morgan fingerprint density at radius 3 is 2.81 bits per heavy atom. The summed E-state index contributed by atoms with van der Waals surface area (Å²) in [5.41, 5.74) is 0.692. The van der Waals surface area contributed by atoms with Gasteiger partial charge in [0.25, 0.3) is 0 Å². The standard InChI is InChI=1S/C15H21ClN2O2.ClH/c1-2-7-20-14-6-5-12(8-13(14)16)18-15(19)10-17-9-11-3-4-11;/h5-6,8,11,17H,2-4,7,9-10H2,1H3,(H,18,19);1H. The molecule has 0 unspecified atom stereocenters. The Bertz CT molecular complexity index is 465. The van der Waals surface area contributed by atoms with E-state index in [0.29, 0.717) is 29.6 Å². The summed E-state index contributed by atoms with van der Waals surface area (Å²) >= 11 is 6.11. The zero-order valence-electron chi connectivity index (χ0n) is 12.2. The molecule has 2 N–H and O–H groups in total. The van der Waals surface area contributed by atoms with Crippen molar-refractivity contribution in [1.29, 1.82) is 0 Å². The van der Waals surface area contributed by atoms with E-state index in [9.17, 15) is 4.79 Å². The second-order valence-corrected chi connectivity index (χ2v) is 5.52. The van der Waals surface area contributed by atoms with Gasteiger partial charge in [0, 0.05) is 5.69 Å². The number of hydrogen-bond acceptors (Lipinski definition) is 3. The normalized spacial score (nSPS) is 13.4. The fourth-order valence-electron chi connectivity index (χ4n) is 1.82. The van der Waals surface area contributed by atoms with Gasteiger partial charge in [-0.1, -0.05) is 18.5 Å². The number of anilines is 1. The molecular weight excluding hydrogens is 311 g/mol. The van der Waals surface area contributed by atoms with Crippen molar-refractivity contribution >= 4 is 35.6 Å². The van der Waals surface area contributed by atoms with Crippen molar-refractivity contribution in [2.24, 2.45) is 5.92 Å². The fourth-order valence-corrected chi connectivity index (χ4v) is 2.06. The van der Waals surface area contributed by atoms with Crippen LogP contribution in [0.25, 0.3) is 0 Å². The van der Waals surface area contributed by atoms with Crippen LogP contribution in [0.1, 0.15) is 26.2 Å². The molecular formula is C15H22Cl2N2O2. The van der Waals surface area contributed by atoms with Crippen LogP contribution in [-0.2, 0) is 4.79 Å². The predicted octanol–water partition coefficient (Wildman–Crippen LogP) is 3.49. The van der Waals surface area contributed by atoms with E-state index >= 15 is 0 Å². The summed E-state index contributed by atoms with van der Waals surface area (Å²) in [5.74, 6) is 1.37. The monoisotopic (exact) mass is 332 g/mol. The number of amides is 1. The second kappa shape index (κ2) is 9.13. The van der Waals surface area contributed by atoms with Crippen LogP contribution in [0.4, 0.5) is 5.69 Å². The maximum absolute atomic E-state index is 11.7. The summed E-state index contributed by atoms with van der Waals surface area (Å²) in [7, 11) is 0. The zero-order valence-corrected chi connectivity index (χ0v) is 13.7. The number of halogens is 2. The largest absolute Gasteiger partial charge is 0.492 e. The Morgan fingerprint density at radius 1 is 1.43 bits per heavy atom. The molecule has 1 aromatic rings. The summed E-state index contributed by atoms with van der Waals surface area (Å²) in [5, 5.41) is 6.49. The molecule has 118 valence electrons. The summed E-state index contributed by atoms with van der Waals surface area (Å²) in [4.78, 5) is 11.7. The van der Waals surface area contributed by atoms with Crippen LogP contribution >= 0.6 is 24.0 Å².